The van der Waals surface area contributed by atoms with E-state index >= 15 is 0 Å². The first-order valence-electron chi connectivity index (χ1n) is 9.81. The zero-order valence-corrected chi connectivity index (χ0v) is 16.7. The SMILES string of the molecule is Cc1cc(C)c2c(=O)ccn(CC(=O)N3CCN(c4ccc(F)cc4)CC3)c2c1. The molecule has 5 nitrogen and oxygen atoms in total. The highest BCUT2D eigenvalue weighted by Gasteiger charge is 2.22. The molecule has 0 aliphatic carbocycles. The zero-order chi connectivity index (χ0) is 20.5. The highest BCUT2D eigenvalue weighted by atomic mass is 19.1. The van der Waals surface area contributed by atoms with Gasteiger partial charge in [0.05, 0.1) is 5.52 Å². The summed E-state index contributed by atoms with van der Waals surface area (Å²) >= 11 is 0. The number of fused-ring (bicyclic) bond motifs is 1. The van der Waals surface area contributed by atoms with E-state index < -0.39 is 0 Å². The molecule has 1 amide bonds. The molecular formula is C23H24FN3O2. The van der Waals surface area contributed by atoms with Crippen molar-refractivity contribution in [1.82, 2.24) is 9.47 Å². The number of piperazine rings is 1. The van der Waals surface area contributed by atoms with E-state index in [4.69, 9.17) is 0 Å². The third-order valence-electron chi connectivity index (χ3n) is 5.55. The highest BCUT2D eigenvalue weighted by Crippen LogP contribution is 2.19. The van der Waals surface area contributed by atoms with Gasteiger partial charge in [0.2, 0.25) is 5.91 Å². The predicted molar refractivity (Wildman–Crippen MR) is 113 cm³/mol. The number of hydrogen-bond donors (Lipinski definition) is 0. The van der Waals surface area contributed by atoms with E-state index in [1.807, 2.05) is 35.4 Å². The number of anilines is 1. The van der Waals surface area contributed by atoms with Gasteiger partial charge in [-0.2, -0.15) is 0 Å². The van der Waals surface area contributed by atoms with E-state index in [1.165, 1.54) is 18.2 Å². The van der Waals surface area contributed by atoms with Gasteiger partial charge >= 0.3 is 0 Å². The summed E-state index contributed by atoms with van der Waals surface area (Å²) in [7, 11) is 0. The number of aromatic nitrogens is 1. The average molecular weight is 393 g/mol. The minimum Gasteiger partial charge on any atom is -0.368 e. The zero-order valence-electron chi connectivity index (χ0n) is 16.7. The van der Waals surface area contributed by atoms with Crippen LogP contribution in [0.1, 0.15) is 11.1 Å². The van der Waals surface area contributed by atoms with Crippen molar-refractivity contribution in [3.8, 4) is 0 Å². The van der Waals surface area contributed by atoms with Crippen LogP contribution in [0.25, 0.3) is 10.9 Å². The summed E-state index contributed by atoms with van der Waals surface area (Å²) in [6.07, 6.45) is 1.70. The number of hydrogen-bond acceptors (Lipinski definition) is 3. The molecule has 0 N–H and O–H groups in total. The molecule has 1 aliphatic heterocycles. The van der Waals surface area contributed by atoms with Crippen LogP contribution in [0, 0.1) is 19.7 Å². The summed E-state index contributed by atoms with van der Waals surface area (Å²) in [6.45, 7) is 6.78. The van der Waals surface area contributed by atoms with Gasteiger partial charge in [0, 0.05) is 49.5 Å². The van der Waals surface area contributed by atoms with Gasteiger partial charge < -0.3 is 14.4 Å². The number of carbonyl (C=O) groups excluding carboxylic acids is 1. The van der Waals surface area contributed by atoms with Gasteiger partial charge in [-0.15, -0.1) is 0 Å². The molecule has 1 fully saturated rings. The number of amides is 1. The molecule has 1 aliphatic rings. The van der Waals surface area contributed by atoms with E-state index in [0.29, 0.717) is 31.6 Å². The monoisotopic (exact) mass is 393 g/mol. The van der Waals surface area contributed by atoms with Crippen LogP contribution >= 0.6 is 0 Å². The molecule has 150 valence electrons. The first-order chi connectivity index (χ1) is 13.9. The third-order valence-corrected chi connectivity index (χ3v) is 5.55. The molecule has 6 heteroatoms. The molecule has 2 aromatic carbocycles. The summed E-state index contributed by atoms with van der Waals surface area (Å²) in [5.41, 5.74) is 3.74. The summed E-state index contributed by atoms with van der Waals surface area (Å²) < 4.78 is 15.0. The standard InChI is InChI=1S/C23H24FN3O2/c1-16-13-17(2)23-20(14-16)27(8-7-21(23)28)15-22(29)26-11-9-25(10-12-26)19-5-3-18(24)4-6-19/h3-8,13-14H,9-12,15H2,1-2H3. The normalized spacial score (nSPS) is 14.4. The Kier molecular flexibility index (Phi) is 5.09. The van der Waals surface area contributed by atoms with Gasteiger partial charge in [0.1, 0.15) is 12.4 Å². The number of nitrogens with zero attached hydrogens (tertiary/aromatic N) is 3. The smallest absolute Gasteiger partial charge is 0.242 e. The van der Waals surface area contributed by atoms with Gasteiger partial charge in [0.25, 0.3) is 0 Å². The highest BCUT2D eigenvalue weighted by molar-refractivity contribution is 5.85. The molecule has 1 aromatic heterocycles. The van der Waals surface area contributed by atoms with Gasteiger partial charge in [-0.1, -0.05) is 6.07 Å². The van der Waals surface area contributed by atoms with E-state index in [9.17, 15) is 14.0 Å². The minimum atomic E-state index is -0.249. The molecule has 0 radical (unpaired) electrons. The summed E-state index contributed by atoms with van der Waals surface area (Å²) in [6, 6.07) is 11.9. The van der Waals surface area contributed by atoms with Crippen LogP contribution in [0.3, 0.4) is 0 Å². The Morgan fingerprint density at radius 2 is 1.69 bits per heavy atom. The topological polar surface area (TPSA) is 45.6 Å². The Balaban J connectivity index is 1.49. The van der Waals surface area contributed by atoms with Crippen LogP contribution < -0.4 is 10.3 Å². The van der Waals surface area contributed by atoms with Crippen molar-refractivity contribution in [3.63, 3.8) is 0 Å². The van der Waals surface area contributed by atoms with Crippen molar-refractivity contribution in [3.05, 3.63) is 75.8 Å². The average Bonchev–Trinajstić information content (AvgIpc) is 2.70. The summed E-state index contributed by atoms with van der Waals surface area (Å²) in [5, 5.41) is 0.673. The maximum absolute atomic E-state index is 13.1. The van der Waals surface area contributed by atoms with Crippen LogP contribution in [0.5, 0.6) is 0 Å². The molecular weight excluding hydrogens is 369 g/mol. The van der Waals surface area contributed by atoms with E-state index in [1.54, 1.807) is 18.3 Å². The maximum atomic E-state index is 13.1. The second-order valence-corrected chi connectivity index (χ2v) is 7.63. The lowest BCUT2D eigenvalue weighted by molar-refractivity contribution is -0.132. The van der Waals surface area contributed by atoms with Crippen molar-refractivity contribution >= 4 is 22.5 Å². The van der Waals surface area contributed by atoms with Crippen molar-refractivity contribution < 1.29 is 9.18 Å². The lowest BCUT2D eigenvalue weighted by Crippen LogP contribution is -2.49. The first kappa shape index (κ1) is 19.2. The van der Waals surface area contributed by atoms with E-state index in [0.717, 1.165) is 22.3 Å². The molecule has 0 unspecified atom stereocenters. The molecule has 0 saturated carbocycles. The van der Waals surface area contributed by atoms with Crippen LogP contribution in [0.2, 0.25) is 0 Å². The number of aryl methyl sites for hydroxylation is 2. The van der Waals surface area contributed by atoms with Crippen LogP contribution in [-0.2, 0) is 11.3 Å². The van der Waals surface area contributed by atoms with Crippen molar-refractivity contribution in [2.75, 3.05) is 31.1 Å². The molecule has 0 atom stereocenters. The summed E-state index contributed by atoms with van der Waals surface area (Å²) in [5.74, 6) is -0.214. The van der Waals surface area contributed by atoms with E-state index in [-0.39, 0.29) is 23.7 Å². The quantitative estimate of drug-likeness (QED) is 0.687. The molecule has 0 bridgehead atoms. The second-order valence-electron chi connectivity index (χ2n) is 7.63. The van der Waals surface area contributed by atoms with Crippen molar-refractivity contribution in [2.24, 2.45) is 0 Å². The Hall–Kier alpha value is -3.15. The largest absolute Gasteiger partial charge is 0.368 e. The molecule has 2 heterocycles. The van der Waals surface area contributed by atoms with Crippen LogP contribution in [0.15, 0.2) is 53.5 Å². The molecule has 4 rings (SSSR count). The van der Waals surface area contributed by atoms with Gasteiger partial charge in [-0.3, -0.25) is 9.59 Å². The van der Waals surface area contributed by atoms with Gasteiger partial charge in [0.15, 0.2) is 5.43 Å². The molecule has 29 heavy (non-hydrogen) atoms. The number of benzene rings is 2. The number of carbonyl (C=O) groups is 1. The number of pyridine rings is 1. The molecule has 1 saturated heterocycles. The van der Waals surface area contributed by atoms with Crippen LogP contribution in [0.4, 0.5) is 10.1 Å². The predicted octanol–water partition coefficient (Wildman–Crippen LogP) is 3.11. The first-order valence-corrected chi connectivity index (χ1v) is 9.81. The molecule has 0 spiro atoms. The lowest BCUT2D eigenvalue weighted by Gasteiger charge is -2.36. The fourth-order valence-electron chi connectivity index (χ4n) is 4.06. The Morgan fingerprint density at radius 1 is 1.00 bits per heavy atom. The number of halogens is 1. The molecule has 3 aromatic rings. The summed E-state index contributed by atoms with van der Waals surface area (Å²) in [4.78, 5) is 29.2. The fraction of sp³-hybridized carbons (Fsp3) is 0.304. The van der Waals surface area contributed by atoms with E-state index in [2.05, 4.69) is 4.90 Å². The van der Waals surface area contributed by atoms with Crippen molar-refractivity contribution in [2.45, 2.75) is 20.4 Å². The number of rotatable bonds is 3. The van der Waals surface area contributed by atoms with Gasteiger partial charge in [-0.05, 0) is 55.3 Å². The van der Waals surface area contributed by atoms with Gasteiger partial charge in [-0.25, -0.2) is 4.39 Å². The maximum Gasteiger partial charge on any atom is 0.242 e. The Bertz CT molecular complexity index is 1110. The Labute approximate surface area is 169 Å². The Morgan fingerprint density at radius 3 is 2.38 bits per heavy atom. The lowest BCUT2D eigenvalue weighted by atomic mass is 10.1. The minimum absolute atomic E-state index is 0.0193. The van der Waals surface area contributed by atoms with Crippen LogP contribution in [-0.4, -0.2) is 41.6 Å². The third kappa shape index (κ3) is 3.88. The second kappa shape index (κ2) is 7.70. The van der Waals surface area contributed by atoms with Crippen molar-refractivity contribution in [1.29, 1.82) is 0 Å². The fourth-order valence-corrected chi connectivity index (χ4v) is 4.06.